The molecule has 2 aromatic carbocycles. The lowest BCUT2D eigenvalue weighted by atomic mass is 10.2. The molecule has 142 valence electrons. The summed E-state index contributed by atoms with van der Waals surface area (Å²) in [5.41, 5.74) is 1.90. The maximum atomic E-state index is 12.4. The van der Waals surface area contributed by atoms with Gasteiger partial charge in [-0.05, 0) is 35.4 Å². The Morgan fingerprint density at radius 3 is 1.54 bits per heavy atom. The lowest BCUT2D eigenvalue weighted by Crippen LogP contribution is -2.27. The molecule has 0 spiro atoms. The molecule has 7 heteroatoms. The van der Waals surface area contributed by atoms with Crippen molar-refractivity contribution < 1.29 is 9.59 Å². The highest BCUT2D eigenvalue weighted by atomic mass is 35.5. The van der Waals surface area contributed by atoms with E-state index in [9.17, 15) is 9.59 Å². The average Bonchev–Trinajstić information content (AvgIpc) is 2.72. The van der Waals surface area contributed by atoms with Gasteiger partial charge in [-0.1, -0.05) is 65.7 Å². The molecule has 3 rings (SSSR count). The van der Waals surface area contributed by atoms with Gasteiger partial charge in [0, 0.05) is 23.1 Å². The van der Waals surface area contributed by atoms with E-state index in [1.807, 2.05) is 36.4 Å². The van der Waals surface area contributed by atoms with E-state index in [4.69, 9.17) is 23.2 Å². The fourth-order valence-electron chi connectivity index (χ4n) is 2.50. The van der Waals surface area contributed by atoms with Crippen LogP contribution in [0, 0.1) is 0 Å². The normalized spacial score (nSPS) is 10.4. The molecule has 3 aromatic rings. The number of benzene rings is 2. The zero-order chi connectivity index (χ0) is 19.9. The van der Waals surface area contributed by atoms with Crippen LogP contribution in [0.4, 0.5) is 0 Å². The maximum Gasteiger partial charge on any atom is 0.270 e. The monoisotopic (exact) mass is 413 g/mol. The summed E-state index contributed by atoms with van der Waals surface area (Å²) in [5.74, 6) is -0.777. The summed E-state index contributed by atoms with van der Waals surface area (Å²) >= 11 is 12.2. The van der Waals surface area contributed by atoms with Gasteiger partial charge >= 0.3 is 0 Å². The number of amides is 2. The molecule has 0 bridgehead atoms. The van der Waals surface area contributed by atoms with Crippen LogP contribution in [-0.4, -0.2) is 16.8 Å². The zero-order valence-electron chi connectivity index (χ0n) is 14.8. The second kappa shape index (κ2) is 9.35. The van der Waals surface area contributed by atoms with Crippen molar-refractivity contribution in [2.75, 3.05) is 0 Å². The summed E-state index contributed by atoms with van der Waals surface area (Å²) in [6.45, 7) is 0.534. The zero-order valence-corrected chi connectivity index (χ0v) is 16.3. The molecule has 0 aliphatic heterocycles. The maximum absolute atomic E-state index is 12.4. The number of carbonyl (C=O) groups is 2. The van der Waals surface area contributed by atoms with Crippen molar-refractivity contribution in [3.05, 3.63) is 99.3 Å². The minimum atomic E-state index is -0.388. The molecule has 0 saturated carbocycles. The number of pyridine rings is 1. The van der Waals surface area contributed by atoms with Gasteiger partial charge in [0.05, 0.1) is 0 Å². The number of nitrogens with zero attached hydrogens (tertiary/aromatic N) is 1. The summed E-state index contributed by atoms with van der Waals surface area (Å²) < 4.78 is 0. The number of hydrogen-bond donors (Lipinski definition) is 2. The lowest BCUT2D eigenvalue weighted by molar-refractivity contribution is 0.0941. The van der Waals surface area contributed by atoms with Gasteiger partial charge in [-0.15, -0.1) is 0 Å². The topological polar surface area (TPSA) is 71.1 Å². The highest BCUT2D eigenvalue weighted by molar-refractivity contribution is 6.31. The van der Waals surface area contributed by atoms with Gasteiger partial charge in [-0.3, -0.25) is 9.59 Å². The molecule has 1 heterocycles. The summed E-state index contributed by atoms with van der Waals surface area (Å²) in [7, 11) is 0. The first kappa shape index (κ1) is 19.9. The molecular formula is C21H17Cl2N3O2. The van der Waals surface area contributed by atoms with Gasteiger partial charge in [0.1, 0.15) is 11.4 Å². The molecule has 1 aromatic heterocycles. The van der Waals surface area contributed by atoms with Crippen LogP contribution in [0.2, 0.25) is 10.0 Å². The second-order valence-corrected chi connectivity index (χ2v) is 6.77. The predicted octanol–water partition coefficient (Wildman–Crippen LogP) is 4.25. The highest BCUT2D eigenvalue weighted by Gasteiger charge is 2.13. The molecule has 0 saturated heterocycles. The Labute approximate surface area is 172 Å². The Morgan fingerprint density at radius 2 is 1.11 bits per heavy atom. The lowest BCUT2D eigenvalue weighted by Gasteiger charge is -2.09. The van der Waals surface area contributed by atoms with Crippen LogP contribution in [0.3, 0.4) is 0 Å². The molecule has 2 N–H and O–H groups in total. The number of hydrogen-bond acceptors (Lipinski definition) is 3. The van der Waals surface area contributed by atoms with Crippen molar-refractivity contribution in [3.63, 3.8) is 0 Å². The van der Waals surface area contributed by atoms with Gasteiger partial charge < -0.3 is 10.6 Å². The van der Waals surface area contributed by atoms with Crippen LogP contribution in [0.15, 0.2) is 66.7 Å². The number of nitrogens with one attached hydrogen (secondary N) is 2. The van der Waals surface area contributed by atoms with E-state index < -0.39 is 0 Å². The van der Waals surface area contributed by atoms with Gasteiger partial charge in [-0.2, -0.15) is 0 Å². The number of halogens is 2. The third kappa shape index (κ3) is 5.09. The second-order valence-electron chi connectivity index (χ2n) is 5.96. The van der Waals surface area contributed by atoms with E-state index in [1.165, 1.54) is 0 Å². The van der Waals surface area contributed by atoms with Crippen LogP contribution < -0.4 is 10.6 Å². The number of carbonyl (C=O) groups excluding carboxylic acids is 2. The van der Waals surface area contributed by atoms with Crippen LogP contribution >= 0.6 is 23.2 Å². The molecular weight excluding hydrogens is 397 g/mol. The van der Waals surface area contributed by atoms with E-state index in [2.05, 4.69) is 15.6 Å². The third-order valence-electron chi connectivity index (χ3n) is 4.01. The van der Waals surface area contributed by atoms with Gasteiger partial charge in [0.2, 0.25) is 0 Å². The average molecular weight is 414 g/mol. The minimum absolute atomic E-state index is 0.150. The molecule has 0 fully saturated rings. The van der Waals surface area contributed by atoms with Gasteiger partial charge in [0.15, 0.2) is 0 Å². The Morgan fingerprint density at radius 1 is 0.679 bits per heavy atom. The van der Waals surface area contributed by atoms with Crippen molar-refractivity contribution in [2.45, 2.75) is 13.1 Å². The van der Waals surface area contributed by atoms with Crippen molar-refractivity contribution >= 4 is 35.0 Å². The minimum Gasteiger partial charge on any atom is -0.347 e. The van der Waals surface area contributed by atoms with Gasteiger partial charge in [-0.25, -0.2) is 4.98 Å². The van der Waals surface area contributed by atoms with E-state index in [0.29, 0.717) is 10.0 Å². The first-order valence-electron chi connectivity index (χ1n) is 8.55. The number of aromatic nitrogens is 1. The summed E-state index contributed by atoms with van der Waals surface area (Å²) in [6, 6.07) is 19.2. The van der Waals surface area contributed by atoms with Crippen LogP contribution in [0.1, 0.15) is 32.1 Å². The van der Waals surface area contributed by atoms with Crippen molar-refractivity contribution in [1.29, 1.82) is 0 Å². The molecule has 28 heavy (non-hydrogen) atoms. The van der Waals surface area contributed by atoms with Crippen LogP contribution in [0.5, 0.6) is 0 Å². The Kier molecular flexibility index (Phi) is 6.63. The standard InChI is InChI=1S/C21H17Cl2N3O2/c22-16-8-3-1-6-14(16)12-24-20(27)18-10-5-11-19(26-18)21(28)25-13-15-7-2-4-9-17(15)23/h1-11H,12-13H2,(H,24,27)(H,25,28). The fourth-order valence-corrected chi connectivity index (χ4v) is 2.91. The fraction of sp³-hybridized carbons (Fsp3) is 0.0952. The Balaban J connectivity index is 1.62. The van der Waals surface area contributed by atoms with E-state index in [-0.39, 0.29) is 36.3 Å². The molecule has 0 radical (unpaired) electrons. The molecule has 0 unspecified atom stereocenters. The van der Waals surface area contributed by atoms with Crippen molar-refractivity contribution in [3.8, 4) is 0 Å². The molecule has 2 amide bonds. The largest absolute Gasteiger partial charge is 0.347 e. The SMILES string of the molecule is O=C(NCc1ccccc1Cl)c1cccc(C(=O)NCc2ccccc2Cl)n1. The predicted molar refractivity (Wildman–Crippen MR) is 109 cm³/mol. The number of rotatable bonds is 6. The third-order valence-corrected chi connectivity index (χ3v) is 4.75. The highest BCUT2D eigenvalue weighted by Crippen LogP contribution is 2.15. The summed E-state index contributed by atoms with van der Waals surface area (Å²) in [5, 5.41) is 6.65. The Bertz CT molecular complexity index is 931. The van der Waals surface area contributed by atoms with E-state index in [1.54, 1.807) is 30.3 Å². The first-order chi connectivity index (χ1) is 13.5. The first-order valence-corrected chi connectivity index (χ1v) is 9.30. The van der Waals surface area contributed by atoms with E-state index in [0.717, 1.165) is 11.1 Å². The molecule has 0 aliphatic carbocycles. The molecule has 5 nitrogen and oxygen atoms in total. The Hall–Kier alpha value is -2.89. The molecule has 0 atom stereocenters. The smallest absolute Gasteiger partial charge is 0.270 e. The summed E-state index contributed by atoms with van der Waals surface area (Å²) in [4.78, 5) is 28.9. The van der Waals surface area contributed by atoms with Gasteiger partial charge in [0.25, 0.3) is 11.8 Å². The summed E-state index contributed by atoms with van der Waals surface area (Å²) in [6.07, 6.45) is 0. The quantitative estimate of drug-likeness (QED) is 0.634. The van der Waals surface area contributed by atoms with E-state index >= 15 is 0 Å². The van der Waals surface area contributed by atoms with Crippen LogP contribution in [-0.2, 0) is 13.1 Å². The molecule has 0 aliphatic rings. The van der Waals surface area contributed by atoms with Crippen LogP contribution in [0.25, 0.3) is 0 Å². The van der Waals surface area contributed by atoms with Crippen molar-refractivity contribution in [1.82, 2.24) is 15.6 Å². The van der Waals surface area contributed by atoms with Crippen molar-refractivity contribution in [2.24, 2.45) is 0 Å².